The van der Waals surface area contributed by atoms with Gasteiger partial charge < -0.3 is 14.8 Å². The van der Waals surface area contributed by atoms with Gasteiger partial charge in [0.1, 0.15) is 11.5 Å². The van der Waals surface area contributed by atoms with Crippen LogP contribution in [0.1, 0.15) is 0 Å². The van der Waals surface area contributed by atoms with Gasteiger partial charge in [0.2, 0.25) is 0 Å². The molecule has 0 saturated carbocycles. The molecule has 102 valence electrons. The van der Waals surface area contributed by atoms with E-state index in [0.29, 0.717) is 17.2 Å². The van der Waals surface area contributed by atoms with Crippen LogP contribution in [0, 0.1) is 0 Å². The number of rotatable bonds is 3. The summed E-state index contributed by atoms with van der Waals surface area (Å²) in [5, 5.41) is 2.43. The number of hydrogen-bond donors (Lipinski definition) is 1. The first-order chi connectivity index (χ1) is 9.69. The highest BCUT2D eigenvalue weighted by Crippen LogP contribution is 2.23. The van der Waals surface area contributed by atoms with E-state index >= 15 is 0 Å². The fourth-order valence-electron chi connectivity index (χ4n) is 1.54. The van der Waals surface area contributed by atoms with Gasteiger partial charge in [0.05, 0.1) is 7.11 Å². The number of para-hydroxylation sites is 1. The molecule has 0 aliphatic heterocycles. The summed E-state index contributed by atoms with van der Waals surface area (Å²) in [7, 11) is 1.15. The van der Waals surface area contributed by atoms with Crippen molar-refractivity contribution in [1.82, 2.24) is 0 Å². The highest BCUT2D eigenvalue weighted by Gasteiger charge is 2.13. The van der Waals surface area contributed by atoms with Gasteiger partial charge >= 0.3 is 11.9 Å². The van der Waals surface area contributed by atoms with Crippen molar-refractivity contribution >= 4 is 17.6 Å². The van der Waals surface area contributed by atoms with Crippen LogP contribution in [0.3, 0.4) is 0 Å². The summed E-state index contributed by atoms with van der Waals surface area (Å²) < 4.78 is 9.95. The number of amides is 1. The number of esters is 1. The quantitative estimate of drug-likeness (QED) is 0.688. The Morgan fingerprint density at radius 2 is 1.65 bits per heavy atom. The van der Waals surface area contributed by atoms with Crippen molar-refractivity contribution in [1.29, 1.82) is 0 Å². The van der Waals surface area contributed by atoms with Gasteiger partial charge in [-0.1, -0.05) is 24.3 Å². The van der Waals surface area contributed by atoms with E-state index in [9.17, 15) is 9.59 Å². The fourth-order valence-corrected chi connectivity index (χ4v) is 1.54. The molecular weight excluding hydrogens is 258 g/mol. The van der Waals surface area contributed by atoms with Crippen LogP contribution < -0.4 is 10.1 Å². The first-order valence-electron chi connectivity index (χ1n) is 5.91. The Morgan fingerprint density at radius 3 is 2.35 bits per heavy atom. The Labute approximate surface area is 116 Å². The Hall–Kier alpha value is -2.82. The van der Waals surface area contributed by atoms with Crippen LogP contribution in [-0.4, -0.2) is 19.0 Å². The third-order valence-corrected chi connectivity index (χ3v) is 2.44. The van der Waals surface area contributed by atoms with E-state index in [4.69, 9.17) is 4.74 Å². The Kier molecular flexibility index (Phi) is 4.34. The van der Waals surface area contributed by atoms with Crippen molar-refractivity contribution in [3.63, 3.8) is 0 Å². The number of carbonyl (C=O) groups is 2. The van der Waals surface area contributed by atoms with Crippen molar-refractivity contribution < 1.29 is 19.1 Å². The molecule has 2 aromatic carbocycles. The lowest BCUT2D eigenvalue weighted by molar-refractivity contribution is -0.150. The molecule has 0 bridgehead atoms. The van der Waals surface area contributed by atoms with Gasteiger partial charge in [0, 0.05) is 11.8 Å². The molecule has 1 amide bonds. The van der Waals surface area contributed by atoms with Gasteiger partial charge in [-0.25, -0.2) is 4.79 Å². The lowest BCUT2D eigenvalue weighted by Crippen LogP contribution is -2.23. The number of benzene rings is 2. The van der Waals surface area contributed by atoms with Crippen LogP contribution >= 0.6 is 0 Å². The number of ether oxygens (including phenoxy) is 2. The molecule has 5 nitrogen and oxygen atoms in total. The van der Waals surface area contributed by atoms with E-state index in [1.807, 2.05) is 30.3 Å². The minimum Gasteiger partial charge on any atom is -0.462 e. The van der Waals surface area contributed by atoms with Gasteiger partial charge in [-0.15, -0.1) is 0 Å². The smallest absolute Gasteiger partial charge is 0.396 e. The van der Waals surface area contributed by atoms with Crippen molar-refractivity contribution in [2.75, 3.05) is 12.4 Å². The van der Waals surface area contributed by atoms with E-state index in [-0.39, 0.29) is 0 Å². The average Bonchev–Trinajstić information content (AvgIpc) is 2.47. The summed E-state index contributed by atoms with van der Waals surface area (Å²) in [6.45, 7) is 0. The van der Waals surface area contributed by atoms with Crippen molar-refractivity contribution in [3.8, 4) is 11.5 Å². The molecule has 0 spiro atoms. The predicted octanol–water partition coefficient (Wildman–Crippen LogP) is 2.59. The molecule has 0 saturated heterocycles. The summed E-state index contributed by atoms with van der Waals surface area (Å²) in [6, 6.07) is 16.0. The minimum absolute atomic E-state index is 0.453. The lowest BCUT2D eigenvalue weighted by Gasteiger charge is -2.08. The Bertz CT molecular complexity index is 610. The zero-order chi connectivity index (χ0) is 14.4. The number of anilines is 1. The zero-order valence-electron chi connectivity index (χ0n) is 10.8. The van der Waals surface area contributed by atoms with Gasteiger partial charge in [0.15, 0.2) is 0 Å². The molecule has 0 atom stereocenters. The maximum absolute atomic E-state index is 11.4. The zero-order valence-corrected chi connectivity index (χ0v) is 10.8. The molecule has 2 aromatic rings. The summed E-state index contributed by atoms with van der Waals surface area (Å²) in [5.41, 5.74) is 0.453. The van der Waals surface area contributed by atoms with E-state index in [1.54, 1.807) is 24.3 Å². The number of carbonyl (C=O) groups excluding carboxylic acids is 2. The largest absolute Gasteiger partial charge is 0.462 e. The Morgan fingerprint density at radius 1 is 0.950 bits per heavy atom. The van der Waals surface area contributed by atoms with Gasteiger partial charge in [-0.05, 0) is 24.3 Å². The van der Waals surface area contributed by atoms with E-state index in [1.165, 1.54) is 0 Å². The predicted molar refractivity (Wildman–Crippen MR) is 73.6 cm³/mol. The SMILES string of the molecule is COC(=O)C(=O)Nc1cccc(Oc2ccccc2)c1. The molecule has 2 rings (SSSR count). The van der Waals surface area contributed by atoms with Crippen LogP contribution in [-0.2, 0) is 14.3 Å². The number of hydrogen-bond acceptors (Lipinski definition) is 4. The third-order valence-electron chi connectivity index (χ3n) is 2.44. The molecule has 5 heteroatoms. The molecule has 0 heterocycles. The summed E-state index contributed by atoms with van der Waals surface area (Å²) >= 11 is 0. The summed E-state index contributed by atoms with van der Waals surface area (Å²) in [4.78, 5) is 22.4. The molecule has 0 fully saturated rings. The third kappa shape index (κ3) is 3.58. The normalized spacial score (nSPS) is 9.65. The fraction of sp³-hybridized carbons (Fsp3) is 0.0667. The topological polar surface area (TPSA) is 64.6 Å². The van der Waals surface area contributed by atoms with E-state index < -0.39 is 11.9 Å². The van der Waals surface area contributed by atoms with Gasteiger partial charge in [-0.2, -0.15) is 0 Å². The molecule has 1 N–H and O–H groups in total. The monoisotopic (exact) mass is 271 g/mol. The number of methoxy groups -OCH3 is 1. The summed E-state index contributed by atoms with van der Waals surface area (Å²) in [5.74, 6) is -0.536. The second kappa shape index (κ2) is 6.38. The van der Waals surface area contributed by atoms with Crippen LogP contribution in [0.25, 0.3) is 0 Å². The van der Waals surface area contributed by atoms with Crippen molar-refractivity contribution in [3.05, 3.63) is 54.6 Å². The maximum Gasteiger partial charge on any atom is 0.396 e. The molecule has 0 unspecified atom stereocenters. The van der Waals surface area contributed by atoms with Gasteiger partial charge in [-0.3, -0.25) is 4.79 Å². The first kappa shape index (κ1) is 13.6. The average molecular weight is 271 g/mol. The van der Waals surface area contributed by atoms with Crippen LogP contribution in [0.4, 0.5) is 5.69 Å². The molecule has 0 aliphatic carbocycles. The molecule has 0 radical (unpaired) electrons. The van der Waals surface area contributed by atoms with Crippen LogP contribution in [0.15, 0.2) is 54.6 Å². The second-order valence-corrected chi connectivity index (χ2v) is 3.89. The Balaban J connectivity index is 2.08. The first-order valence-corrected chi connectivity index (χ1v) is 5.91. The lowest BCUT2D eigenvalue weighted by atomic mass is 10.3. The van der Waals surface area contributed by atoms with E-state index in [0.717, 1.165) is 7.11 Å². The second-order valence-electron chi connectivity index (χ2n) is 3.89. The number of nitrogens with one attached hydrogen (secondary N) is 1. The standard InChI is InChI=1S/C15H13NO4/c1-19-15(18)14(17)16-11-6-5-9-13(10-11)20-12-7-3-2-4-8-12/h2-10H,1H3,(H,16,17). The maximum atomic E-state index is 11.4. The van der Waals surface area contributed by atoms with Crippen LogP contribution in [0.2, 0.25) is 0 Å². The molecule has 0 aromatic heterocycles. The van der Waals surface area contributed by atoms with E-state index in [2.05, 4.69) is 10.1 Å². The van der Waals surface area contributed by atoms with Crippen molar-refractivity contribution in [2.45, 2.75) is 0 Å². The van der Waals surface area contributed by atoms with Crippen molar-refractivity contribution in [2.24, 2.45) is 0 Å². The minimum atomic E-state index is -0.945. The van der Waals surface area contributed by atoms with Crippen LogP contribution in [0.5, 0.6) is 11.5 Å². The molecule has 0 aliphatic rings. The highest BCUT2D eigenvalue weighted by atomic mass is 16.5. The molecular formula is C15H13NO4. The summed E-state index contributed by atoms with van der Waals surface area (Å²) in [6.07, 6.45) is 0. The van der Waals surface area contributed by atoms with Gasteiger partial charge in [0.25, 0.3) is 0 Å². The molecule has 20 heavy (non-hydrogen) atoms. The highest BCUT2D eigenvalue weighted by molar-refractivity contribution is 6.37.